The summed E-state index contributed by atoms with van der Waals surface area (Å²) in [7, 11) is 0. The predicted octanol–water partition coefficient (Wildman–Crippen LogP) is 2.13. The van der Waals surface area contributed by atoms with Crippen molar-refractivity contribution in [1.82, 2.24) is 4.90 Å². The van der Waals surface area contributed by atoms with Crippen LogP contribution in [0.5, 0.6) is 0 Å². The number of hydrogen-bond acceptors (Lipinski definition) is 2. The van der Waals surface area contributed by atoms with Gasteiger partial charge in [0.1, 0.15) is 0 Å². The van der Waals surface area contributed by atoms with Gasteiger partial charge in [0.2, 0.25) is 0 Å². The number of nitrogens with zero attached hydrogens (tertiary/aromatic N) is 1. The molecule has 0 bridgehead atoms. The lowest BCUT2D eigenvalue weighted by Gasteiger charge is -2.30. The molecular weight excluding hydrogens is 184 g/mol. The lowest BCUT2D eigenvalue weighted by Crippen LogP contribution is -2.36. The van der Waals surface area contributed by atoms with E-state index >= 15 is 0 Å². The molecule has 0 aliphatic carbocycles. The van der Waals surface area contributed by atoms with Crippen LogP contribution < -0.4 is 5.73 Å². The molecule has 2 nitrogen and oxygen atoms in total. The Morgan fingerprint density at radius 3 is 2.77 bits per heavy atom. The number of anilines is 1. The van der Waals surface area contributed by atoms with Gasteiger partial charge < -0.3 is 5.73 Å². The van der Waals surface area contributed by atoms with Crippen molar-refractivity contribution in [3.8, 4) is 0 Å². The van der Waals surface area contributed by atoms with Crippen molar-refractivity contribution in [1.29, 1.82) is 0 Å². The molecule has 1 fully saturated rings. The smallest absolute Gasteiger partial charge is 0.0452 e. The van der Waals surface area contributed by atoms with Crippen molar-refractivity contribution >= 4 is 17.3 Å². The largest absolute Gasteiger partial charge is 0.399 e. The molecule has 0 saturated carbocycles. The van der Waals surface area contributed by atoms with Gasteiger partial charge in [-0.1, -0.05) is 11.6 Å². The van der Waals surface area contributed by atoms with Gasteiger partial charge >= 0.3 is 0 Å². The fraction of sp³-hybridized carbons (Fsp3) is 0.400. The van der Waals surface area contributed by atoms with Crippen LogP contribution in [0.3, 0.4) is 0 Å². The summed E-state index contributed by atoms with van der Waals surface area (Å²) < 4.78 is 0. The Labute approximate surface area is 83.3 Å². The van der Waals surface area contributed by atoms with Gasteiger partial charge in [-0.3, -0.25) is 4.90 Å². The zero-order valence-corrected chi connectivity index (χ0v) is 8.22. The normalized spacial score (nSPS) is 17.0. The molecule has 70 valence electrons. The van der Waals surface area contributed by atoms with Gasteiger partial charge in [-0.05, 0) is 43.3 Å². The van der Waals surface area contributed by atoms with E-state index in [1.54, 1.807) is 0 Å². The van der Waals surface area contributed by atoms with E-state index in [4.69, 9.17) is 17.3 Å². The summed E-state index contributed by atoms with van der Waals surface area (Å²) in [6, 6.07) is 5.66. The summed E-state index contributed by atoms with van der Waals surface area (Å²) in [5.74, 6) is 0. The molecule has 0 amide bonds. The fourth-order valence-corrected chi connectivity index (χ4v) is 1.67. The highest BCUT2D eigenvalue weighted by molar-refractivity contribution is 6.31. The summed E-state index contributed by atoms with van der Waals surface area (Å²) >= 11 is 6.04. The van der Waals surface area contributed by atoms with E-state index in [2.05, 4.69) is 4.90 Å². The van der Waals surface area contributed by atoms with Crippen molar-refractivity contribution in [2.45, 2.75) is 13.0 Å². The van der Waals surface area contributed by atoms with Crippen LogP contribution in [0.15, 0.2) is 18.2 Å². The van der Waals surface area contributed by atoms with Gasteiger partial charge in [0.05, 0.1) is 0 Å². The summed E-state index contributed by atoms with van der Waals surface area (Å²) in [4.78, 5) is 2.36. The van der Waals surface area contributed by atoms with E-state index in [9.17, 15) is 0 Å². The standard InChI is InChI=1S/C10H13ClN2/c11-10-3-2-9(12)6-8(10)7-13-4-1-5-13/h2-3,6H,1,4-5,7,12H2. The fourth-order valence-electron chi connectivity index (χ4n) is 1.50. The minimum atomic E-state index is 0.792. The molecule has 2 rings (SSSR count). The second-order valence-electron chi connectivity index (χ2n) is 3.48. The third-order valence-electron chi connectivity index (χ3n) is 2.41. The molecule has 1 aromatic carbocycles. The number of hydrogen-bond donors (Lipinski definition) is 1. The Morgan fingerprint density at radius 2 is 2.15 bits per heavy atom. The molecule has 0 spiro atoms. The molecule has 1 aliphatic rings. The predicted molar refractivity (Wildman–Crippen MR) is 55.8 cm³/mol. The molecule has 0 aromatic heterocycles. The van der Waals surface area contributed by atoms with E-state index in [1.165, 1.54) is 19.5 Å². The van der Waals surface area contributed by atoms with Crippen molar-refractivity contribution in [3.63, 3.8) is 0 Å². The van der Waals surface area contributed by atoms with Crippen molar-refractivity contribution in [3.05, 3.63) is 28.8 Å². The topological polar surface area (TPSA) is 29.3 Å². The number of nitrogen functional groups attached to an aromatic ring is 1. The molecular formula is C10H13ClN2. The van der Waals surface area contributed by atoms with Crippen LogP contribution >= 0.6 is 11.6 Å². The Balaban J connectivity index is 2.13. The van der Waals surface area contributed by atoms with E-state index in [0.29, 0.717) is 0 Å². The molecule has 2 N–H and O–H groups in total. The lowest BCUT2D eigenvalue weighted by atomic mass is 10.1. The Kier molecular flexibility index (Phi) is 2.42. The highest BCUT2D eigenvalue weighted by Crippen LogP contribution is 2.22. The summed E-state index contributed by atoms with van der Waals surface area (Å²) in [6.07, 6.45) is 1.31. The summed E-state index contributed by atoms with van der Waals surface area (Å²) in [6.45, 7) is 3.31. The van der Waals surface area contributed by atoms with Gasteiger partial charge in [0, 0.05) is 17.3 Å². The SMILES string of the molecule is Nc1ccc(Cl)c(CN2CCC2)c1. The van der Waals surface area contributed by atoms with Gasteiger partial charge in [0.25, 0.3) is 0 Å². The third-order valence-corrected chi connectivity index (χ3v) is 2.78. The lowest BCUT2D eigenvalue weighted by molar-refractivity contribution is 0.172. The number of likely N-dealkylation sites (tertiary alicyclic amines) is 1. The molecule has 1 heterocycles. The third kappa shape index (κ3) is 1.95. The maximum Gasteiger partial charge on any atom is 0.0452 e. The minimum absolute atomic E-state index is 0.792. The van der Waals surface area contributed by atoms with Crippen molar-refractivity contribution in [2.75, 3.05) is 18.8 Å². The highest BCUT2D eigenvalue weighted by Gasteiger charge is 2.14. The van der Waals surface area contributed by atoms with Crippen LogP contribution in [0.4, 0.5) is 5.69 Å². The van der Waals surface area contributed by atoms with Crippen LogP contribution in [0.25, 0.3) is 0 Å². The van der Waals surface area contributed by atoms with Crippen LogP contribution in [0, 0.1) is 0 Å². The summed E-state index contributed by atoms with van der Waals surface area (Å²) in [5, 5.41) is 0.820. The zero-order valence-electron chi connectivity index (χ0n) is 7.46. The quantitative estimate of drug-likeness (QED) is 0.735. The monoisotopic (exact) mass is 196 g/mol. The average molecular weight is 197 g/mol. The first-order valence-electron chi connectivity index (χ1n) is 4.52. The number of benzene rings is 1. The van der Waals surface area contributed by atoms with E-state index < -0.39 is 0 Å². The molecule has 0 radical (unpaired) electrons. The second kappa shape index (κ2) is 3.56. The highest BCUT2D eigenvalue weighted by atomic mass is 35.5. The van der Waals surface area contributed by atoms with Crippen molar-refractivity contribution < 1.29 is 0 Å². The Hall–Kier alpha value is -0.730. The number of halogens is 1. The van der Waals surface area contributed by atoms with E-state index in [0.717, 1.165) is 22.8 Å². The minimum Gasteiger partial charge on any atom is -0.399 e. The maximum absolute atomic E-state index is 6.04. The van der Waals surface area contributed by atoms with Crippen molar-refractivity contribution in [2.24, 2.45) is 0 Å². The molecule has 3 heteroatoms. The Morgan fingerprint density at radius 1 is 1.38 bits per heavy atom. The van der Waals surface area contributed by atoms with E-state index in [-0.39, 0.29) is 0 Å². The van der Waals surface area contributed by atoms with Gasteiger partial charge in [-0.25, -0.2) is 0 Å². The zero-order chi connectivity index (χ0) is 9.26. The summed E-state index contributed by atoms with van der Waals surface area (Å²) in [5.41, 5.74) is 7.62. The first-order chi connectivity index (χ1) is 6.25. The molecule has 0 unspecified atom stereocenters. The van der Waals surface area contributed by atoms with Crippen LogP contribution in [-0.2, 0) is 6.54 Å². The Bertz CT molecular complexity index is 308. The average Bonchev–Trinajstić information content (AvgIpc) is 2.03. The molecule has 1 saturated heterocycles. The molecule has 0 atom stereocenters. The van der Waals surface area contributed by atoms with E-state index in [1.807, 2.05) is 18.2 Å². The molecule has 1 aliphatic heterocycles. The van der Waals surface area contributed by atoms with Gasteiger partial charge in [-0.2, -0.15) is 0 Å². The number of nitrogens with two attached hydrogens (primary N) is 1. The van der Waals surface area contributed by atoms with Gasteiger partial charge in [0.15, 0.2) is 0 Å². The van der Waals surface area contributed by atoms with Gasteiger partial charge in [-0.15, -0.1) is 0 Å². The van der Waals surface area contributed by atoms with Crippen LogP contribution in [-0.4, -0.2) is 18.0 Å². The number of rotatable bonds is 2. The van der Waals surface area contributed by atoms with Crippen LogP contribution in [0.1, 0.15) is 12.0 Å². The first-order valence-corrected chi connectivity index (χ1v) is 4.90. The first kappa shape index (κ1) is 8.85. The maximum atomic E-state index is 6.04. The van der Waals surface area contributed by atoms with Crippen LogP contribution in [0.2, 0.25) is 5.02 Å². The second-order valence-corrected chi connectivity index (χ2v) is 3.89. The molecule has 13 heavy (non-hydrogen) atoms. The molecule has 1 aromatic rings.